The van der Waals surface area contributed by atoms with Gasteiger partial charge in [0.15, 0.2) is 0 Å². The largest absolute Gasteiger partial charge is 0.395 e. The van der Waals surface area contributed by atoms with Crippen LogP contribution in [0.25, 0.3) is 11.3 Å². The number of benzene rings is 1. The summed E-state index contributed by atoms with van der Waals surface area (Å²) in [7, 11) is 0. The van der Waals surface area contributed by atoms with Gasteiger partial charge in [-0.3, -0.25) is 14.8 Å². The molecular formula is C21H21N3O2. The first-order valence-electron chi connectivity index (χ1n) is 8.50. The lowest BCUT2D eigenvalue weighted by Crippen LogP contribution is -2.33. The number of hydrogen-bond donors (Lipinski definition) is 1. The maximum atomic E-state index is 13.1. The SMILES string of the molecule is Cc1c(C(=O)N(CCO)Cc2cccnc2)cccc1-c1ccccn1. The number of rotatable bonds is 6. The Kier molecular flexibility index (Phi) is 5.71. The van der Waals surface area contributed by atoms with Gasteiger partial charge in [-0.05, 0) is 42.3 Å². The molecule has 2 heterocycles. The number of carbonyl (C=O) groups is 1. The molecule has 1 N–H and O–H groups in total. The minimum atomic E-state index is -0.113. The number of aromatic nitrogens is 2. The second-order valence-electron chi connectivity index (χ2n) is 6.00. The second kappa shape index (κ2) is 8.36. The molecule has 0 atom stereocenters. The highest BCUT2D eigenvalue weighted by Gasteiger charge is 2.19. The van der Waals surface area contributed by atoms with Crippen molar-refractivity contribution in [2.75, 3.05) is 13.2 Å². The normalized spacial score (nSPS) is 10.5. The first-order valence-corrected chi connectivity index (χ1v) is 8.50. The number of aliphatic hydroxyl groups excluding tert-OH is 1. The summed E-state index contributed by atoms with van der Waals surface area (Å²) < 4.78 is 0. The predicted octanol–water partition coefficient (Wildman–Crippen LogP) is 3.09. The summed E-state index contributed by atoms with van der Waals surface area (Å²) in [4.78, 5) is 23.2. The van der Waals surface area contributed by atoms with Gasteiger partial charge in [-0.1, -0.05) is 24.3 Å². The van der Waals surface area contributed by atoms with Crippen molar-refractivity contribution < 1.29 is 9.90 Å². The third-order valence-corrected chi connectivity index (χ3v) is 4.26. The van der Waals surface area contributed by atoms with E-state index in [9.17, 15) is 9.90 Å². The van der Waals surface area contributed by atoms with E-state index in [1.54, 1.807) is 23.5 Å². The van der Waals surface area contributed by atoms with Gasteiger partial charge in [0.05, 0.1) is 12.3 Å². The summed E-state index contributed by atoms with van der Waals surface area (Å²) >= 11 is 0. The van der Waals surface area contributed by atoms with E-state index in [0.29, 0.717) is 12.1 Å². The molecule has 5 heteroatoms. The van der Waals surface area contributed by atoms with Crippen molar-refractivity contribution in [1.29, 1.82) is 0 Å². The molecule has 132 valence electrons. The van der Waals surface area contributed by atoms with Crippen molar-refractivity contribution in [2.24, 2.45) is 0 Å². The minimum absolute atomic E-state index is 0.0923. The fourth-order valence-electron chi connectivity index (χ4n) is 2.92. The Bertz CT molecular complexity index is 867. The Hall–Kier alpha value is -3.05. The minimum Gasteiger partial charge on any atom is -0.395 e. The lowest BCUT2D eigenvalue weighted by Gasteiger charge is -2.23. The van der Waals surface area contributed by atoms with Crippen molar-refractivity contribution in [3.05, 3.63) is 83.8 Å². The van der Waals surface area contributed by atoms with Crippen LogP contribution in [0.5, 0.6) is 0 Å². The van der Waals surface area contributed by atoms with Gasteiger partial charge in [0.2, 0.25) is 0 Å². The molecule has 0 bridgehead atoms. The molecule has 3 aromatic rings. The predicted molar refractivity (Wildman–Crippen MR) is 100 cm³/mol. The molecule has 1 aromatic carbocycles. The molecule has 0 spiro atoms. The van der Waals surface area contributed by atoms with Crippen LogP contribution in [0.4, 0.5) is 0 Å². The van der Waals surface area contributed by atoms with Gasteiger partial charge in [-0.25, -0.2) is 0 Å². The van der Waals surface area contributed by atoms with Gasteiger partial charge in [0, 0.05) is 42.8 Å². The van der Waals surface area contributed by atoms with Gasteiger partial charge in [0.1, 0.15) is 0 Å². The van der Waals surface area contributed by atoms with Crippen molar-refractivity contribution >= 4 is 5.91 Å². The van der Waals surface area contributed by atoms with Gasteiger partial charge in [-0.2, -0.15) is 0 Å². The van der Waals surface area contributed by atoms with Gasteiger partial charge in [-0.15, -0.1) is 0 Å². The first kappa shape index (κ1) is 17.8. The Morgan fingerprint density at radius 3 is 2.65 bits per heavy atom. The molecule has 0 saturated heterocycles. The smallest absolute Gasteiger partial charge is 0.254 e. The Morgan fingerprint density at radius 1 is 1.08 bits per heavy atom. The van der Waals surface area contributed by atoms with Crippen LogP contribution < -0.4 is 0 Å². The molecule has 2 aromatic heterocycles. The first-order chi connectivity index (χ1) is 12.7. The van der Waals surface area contributed by atoms with Crippen LogP contribution >= 0.6 is 0 Å². The van der Waals surface area contributed by atoms with Crippen molar-refractivity contribution in [2.45, 2.75) is 13.5 Å². The van der Waals surface area contributed by atoms with E-state index >= 15 is 0 Å². The standard InChI is InChI=1S/C21H21N3O2/c1-16-18(20-9-2-3-11-23-20)7-4-8-19(16)21(26)24(12-13-25)15-17-6-5-10-22-14-17/h2-11,14,25H,12-13,15H2,1H3. The average Bonchev–Trinajstić information content (AvgIpc) is 2.69. The zero-order valence-electron chi connectivity index (χ0n) is 14.7. The highest BCUT2D eigenvalue weighted by Crippen LogP contribution is 2.25. The molecule has 26 heavy (non-hydrogen) atoms. The molecule has 0 aliphatic heterocycles. The van der Waals surface area contributed by atoms with Crippen LogP contribution in [0.15, 0.2) is 67.1 Å². The van der Waals surface area contributed by atoms with Crippen LogP contribution in [0.2, 0.25) is 0 Å². The fraction of sp³-hybridized carbons (Fsp3) is 0.190. The molecule has 0 saturated carbocycles. The van der Waals surface area contributed by atoms with Crippen LogP contribution in [0.1, 0.15) is 21.5 Å². The summed E-state index contributed by atoms with van der Waals surface area (Å²) in [5.41, 5.74) is 4.19. The number of aliphatic hydroxyl groups is 1. The average molecular weight is 347 g/mol. The van der Waals surface area contributed by atoms with E-state index < -0.39 is 0 Å². The lowest BCUT2D eigenvalue weighted by atomic mass is 9.98. The van der Waals surface area contributed by atoms with Crippen molar-refractivity contribution in [3.63, 3.8) is 0 Å². The fourth-order valence-corrected chi connectivity index (χ4v) is 2.92. The number of hydrogen-bond acceptors (Lipinski definition) is 4. The Labute approximate surface area is 153 Å². The monoisotopic (exact) mass is 347 g/mol. The quantitative estimate of drug-likeness (QED) is 0.744. The summed E-state index contributed by atoms with van der Waals surface area (Å²) in [5.74, 6) is -0.113. The number of amides is 1. The van der Waals surface area contributed by atoms with Gasteiger partial charge in [0.25, 0.3) is 5.91 Å². The molecule has 0 unspecified atom stereocenters. The number of pyridine rings is 2. The zero-order valence-corrected chi connectivity index (χ0v) is 14.7. The molecule has 0 aliphatic carbocycles. The molecule has 1 amide bonds. The van der Waals surface area contributed by atoms with Gasteiger partial charge < -0.3 is 10.0 Å². The van der Waals surface area contributed by atoms with E-state index in [0.717, 1.165) is 22.4 Å². The third kappa shape index (κ3) is 3.95. The van der Waals surface area contributed by atoms with Crippen LogP contribution in [0.3, 0.4) is 0 Å². The van der Waals surface area contributed by atoms with Crippen molar-refractivity contribution in [3.8, 4) is 11.3 Å². The highest BCUT2D eigenvalue weighted by molar-refractivity contribution is 5.97. The molecule has 3 rings (SSSR count). The van der Waals surface area contributed by atoms with E-state index in [-0.39, 0.29) is 19.1 Å². The van der Waals surface area contributed by atoms with E-state index in [1.165, 1.54) is 0 Å². The Morgan fingerprint density at radius 2 is 1.96 bits per heavy atom. The molecular weight excluding hydrogens is 326 g/mol. The third-order valence-electron chi connectivity index (χ3n) is 4.26. The molecule has 0 aliphatic rings. The van der Waals surface area contributed by atoms with E-state index in [2.05, 4.69) is 9.97 Å². The Balaban J connectivity index is 1.92. The lowest BCUT2D eigenvalue weighted by molar-refractivity contribution is 0.0707. The second-order valence-corrected chi connectivity index (χ2v) is 6.00. The number of nitrogens with zero attached hydrogens (tertiary/aromatic N) is 3. The highest BCUT2D eigenvalue weighted by atomic mass is 16.3. The number of carbonyl (C=O) groups excluding carboxylic acids is 1. The summed E-state index contributed by atoms with van der Waals surface area (Å²) in [5, 5.41) is 9.39. The molecule has 0 fully saturated rings. The summed E-state index contributed by atoms with van der Waals surface area (Å²) in [6.07, 6.45) is 5.17. The molecule has 5 nitrogen and oxygen atoms in total. The van der Waals surface area contributed by atoms with Crippen LogP contribution in [-0.4, -0.2) is 39.0 Å². The van der Waals surface area contributed by atoms with Crippen molar-refractivity contribution in [1.82, 2.24) is 14.9 Å². The van der Waals surface area contributed by atoms with Crippen LogP contribution in [-0.2, 0) is 6.54 Å². The van der Waals surface area contributed by atoms with Crippen LogP contribution in [0, 0.1) is 6.92 Å². The molecule has 0 radical (unpaired) electrons. The maximum absolute atomic E-state index is 13.1. The topological polar surface area (TPSA) is 66.3 Å². The summed E-state index contributed by atoms with van der Waals surface area (Å²) in [6.45, 7) is 2.50. The van der Waals surface area contributed by atoms with Gasteiger partial charge >= 0.3 is 0 Å². The van der Waals surface area contributed by atoms with E-state index in [4.69, 9.17) is 0 Å². The maximum Gasteiger partial charge on any atom is 0.254 e. The van der Waals surface area contributed by atoms with E-state index in [1.807, 2.05) is 55.5 Å². The zero-order chi connectivity index (χ0) is 18.4. The summed E-state index contributed by atoms with van der Waals surface area (Å²) in [6, 6.07) is 15.1.